The number of benzene rings is 3. The molecule has 2 fully saturated rings. The molecule has 72 heavy (non-hydrogen) atoms. The highest BCUT2D eigenvalue weighted by molar-refractivity contribution is 6.25. The molecule has 0 aliphatic carbocycles. The van der Waals surface area contributed by atoms with E-state index in [0.717, 1.165) is 35.5 Å². The van der Waals surface area contributed by atoms with Gasteiger partial charge in [0.2, 0.25) is 23.6 Å². The number of likely N-dealkylation sites (tertiary alicyclic amines) is 1. The van der Waals surface area contributed by atoms with Gasteiger partial charge in [-0.3, -0.25) is 43.8 Å². The Bertz CT molecular complexity index is 2580. The molecule has 2 atom stereocenters. The van der Waals surface area contributed by atoms with Crippen molar-refractivity contribution in [2.75, 3.05) is 96.2 Å². The summed E-state index contributed by atoms with van der Waals surface area (Å²) in [6.07, 6.45) is 3.40. The van der Waals surface area contributed by atoms with E-state index in [0.29, 0.717) is 107 Å². The van der Waals surface area contributed by atoms with Crippen molar-refractivity contribution >= 4 is 52.9 Å². The van der Waals surface area contributed by atoms with Crippen molar-refractivity contribution in [3.8, 4) is 22.8 Å². The van der Waals surface area contributed by atoms with Crippen LogP contribution in [-0.4, -0.2) is 153 Å². The molecule has 382 valence electrons. The zero-order chi connectivity index (χ0) is 50.4. The number of imide groups is 2. The number of amides is 7. The number of para-hydroxylation sites is 1. The van der Waals surface area contributed by atoms with Crippen molar-refractivity contribution in [2.45, 2.75) is 57.0 Å². The molecule has 1 unspecified atom stereocenters. The molecule has 0 saturated carbocycles. The van der Waals surface area contributed by atoms with Crippen molar-refractivity contribution in [3.05, 3.63) is 89.5 Å². The van der Waals surface area contributed by atoms with E-state index in [2.05, 4.69) is 21.3 Å². The molecule has 7 amide bonds. The van der Waals surface area contributed by atoms with Crippen LogP contribution in [0.25, 0.3) is 11.3 Å². The summed E-state index contributed by atoms with van der Waals surface area (Å²) in [6, 6.07) is 20.8. The quantitative estimate of drug-likeness (QED) is 0.0470. The first-order valence-corrected chi connectivity index (χ1v) is 24.5. The summed E-state index contributed by atoms with van der Waals surface area (Å²) in [7, 11) is 0. The number of carbonyl (C=O) groups is 7. The minimum Gasteiger partial charge on any atom is -0.457 e. The Morgan fingerprint density at radius 1 is 0.750 bits per heavy atom. The van der Waals surface area contributed by atoms with E-state index in [4.69, 9.17) is 34.5 Å². The van der Waals surface area contributed by atoms with Crippen LogP contribution in [-0.2, 0) is 38.1 Å². The topological polar surface area (TPSA) is 264 Å². The molecule has 1 aromatic heterocycles. The van der Waals surface area contributed by atoms with Crippen molar-refractivity contribution in [2.24, 2.45) is 11.7 Å². The average Bonchev–Trinajstić information content (AvgIpc) is 3.90. The fraction of sp³-hybridized carbons (Fsp3) is 0.451. The molecule has 0 spiro atoms. The Balaban J connectivity index is 0.635. The smallest absolute Gasteiger partial charge is 0.264 e. The Kier molecular flexibility index (Phi) is 17.6. The van der Waals surface area contributed by atoms with E-state index in [1.54, 1.807) is 12.1 Å². The van der Waals surface area contributed by atoms with Crippen LogP contribution in [0.1, 0.15) is 82.1 Å². The molecule has 2 saturated heterocycles. The lowest BCUT2D eigenvalue weighted by atomic mass is 9.86. The number of ether oxygens (including phenoxy) is 5. The van der Waals surface area contributed by atoms with Crippen LogP contribution in [0.5, 0.6) is 11.5 Å². The van der Waals surface area contributed by atoms with Crippen LogP contribution >= 0.6 is 0 Å². The molecule has 3 aromatic carbocycles. The average molecular weight is 992 g/mol. The zero-order valence-corrected chi connectivity index (χ0v) is 40.1. The van der Waals surface area contributed by atoms with E-state index in [1.165, 1.54) is 6.07 Å². The van der Waals surface area contributed by atoms with Crippen LogP contribution in [0.4, 0.5) is 11.5 Å². The number of rotatable bonds is 25. The number of nitrogens with one attached hydrogen (secondary N) is 4. The number of primary amides is 1. The molecule has 6 N–H and O–H groups in total. The molecule has 0 bridgehead atoms. The van der Waals surface area contributed by atoms with Crippen molar-refractivity contribution in [3.63, 3.8) is 0 Å². The molecule has 8 rings (SSSR count). The number of hydrogen-bond donors (Lipinski definition) is 5. The molecule has 4 aliphatic rings. The third-order valence-electron chi connectivity index (χ3n) is 13.0. The lowest BCUT2D eigenvalue weighted by Gasteiger charge is -2.38. The van der Waals surface area contributed by atoms with E-state index >= 15 is 0 Å². The van der Waals surface area contributed by atoms with E-state index in [1.807, 2.05) is 64.2 Å². The van der Waals surface area contributed by atoms with E-state index < -0.39 is 35.6 Å². The van der Waals surface area contributed by atoms with Gasteiger partial charge in [0.1, 0.15) is 41.2 Å². The summed E-state index contributed by atoms with van der Waals surface area (Å²) in [4.78, 5) is 91.2. The summed E-state index contributed by atoms with van der Waals surface area (Å²) in [6.45, 7) is 4.63. The van der Waals surface area contributed by atoms with Crippen LogP contribution in [0.15, 0.2) is 72.8 Å². The van der Waals surface area contributed by atoms with Crippen LogP contribution < -0.4 is 31.7 Å². The fourth-order valence-electron chi connectivity index (χ4n) is 9.44. The first-order valence-electron chi connectivity index (χ1n) is 24.5. The van der Waals surface area contributed by atoms with E-state index in [9.17, 15) is 33.6 Å². The number of anilines is 2. The highest BCUT2D eigenvalue weighted by atomic mass is 16.6. The maximum atomic E-state index is 13.2. The Morgan fingerprint density at radius 2 is 1.44 bits per heavy atom. The van der Waals surface area contributed by atoms with E-state index in [-0.39, 0.29) is 67.6 Å². The Morgan fingerprint density at radius 3 is 2.15 bits per heavy atom. The number of aromatic nitrogens is 2. The summed E-state index contributed by atoms with van der Waals surface area (Å²) in [5.41, 5.74) is 8.41. The number of nitrogens with two attached hydrogens (primary N) is 1. The standard InChI is InChI=1S/C51H61N9O12/c52-47(64)45-46(34-11-13-36(14-12-34)72-35-6-2-1-3-7-35)57-60-39(17-21-55-48(45)60)33-18-23-58(24-19-33)43(63)10-5-20-54-42(62)32-71-31-30-70-29-28-69-27-26-68-25-22-53-38-9-4-8-37-44(38)51(67)59(50(37)66)40-15-16-41(61)56-49(40)65/h1-4,6-9,11-14,33,39-40,53,55H,5,10,15-32H2,(H2,52,64)(H,54,62)(H,56,61,65)/t39-,40?/m0/s1. The lowest BCUT2D eigenvalue weighted by molar-refractivity contribution is -0.136. The second-order valence-electron chi connectivity index (χ2n) is 17.8. The molecular weight excluding hydrogens is 931 g/mol. The molecule has 21 nitrogen and oxygen atoms in total. The largest absolute Gasteiger partial charge is 0.457 e. The van der Waals surface area contributed by atoms with Crippen LogP contribution in [0.3, 0.4) is 0 Å². The second kappa shape index (κ2) is 24.8. The predicted molar refractivity (Wildman–Crippen MR) is 261 cm³/mol. The second-order valence-corrected chi connectivity index (χ2v) is 17.8. The number of carbonyl (C=O) groups excluding carboxylic acids is 7. The predicted octanol–water partition coefficient (Wildman–Crippen LogP) is 3.51. The maximum Gasteiger partial charge on any atom is 0.264 e. The van der Waals surface area contributed by atoms with Gasteiger partial charge in [-0.15, -0.1) is 0 Å². The summed E-state index contributed by atoms with van der Waals surface area (Å²) in [5, 5.41) is 16.4. The maximum absolute atomic E-state index is 13.2. The van der Waals surface area contributed by atoms with Crippen LogP contribution in [0, 0.1) is 5.92 Å². The normalized spacial score (nSPS) is 17.8. The fourth-order valence-corrected chi connectivity index (χ4v) is 9.44. The van der Waals surface area contributed by atoms with Gasteiger partial charge in [0, 0.05) is 56.8 Å². The first-order chi connectivity index (χ1) is 35.1. The number of fused-ring (bicyclic) bond motifs is 2. The molecule has 0 radical (unpaired) electrons. The van der Waals surface area contributed by atoms with Gasteiger partial charge in [0.25, 0.3) is 17.7 Å². The molecule has 5 heterocycles. The van der Waals surface area contributed by atoms with Gasteiger partial charge >= 0.3 is 0 Å². The van der Waals surface area contributed by atoms with Crippen molar-refractivity contribution < 1.29 is 57.2 Å². The minimum absolute atomic E-state index is 0.0465. The number of piperidine rings is 2. The van der Waals surface area contributed by atoms with Gasteiger partial charge < -0.3 is 50.3 Å². The van der Waals surface area contributed by atoms with Gasteiger partial charge in [0.15, 0.2) is 0 Å². The van der Waals surface area contributed by atoms with Gasteiger partial charge in [-0.2, -0.15) is 5.10 Å². The lowest BCUT2D eigenvalue weighted by Crippen LogP contribution is -2.54. The number of nitrogens with zero attached hydrogens (tertiary/aromatic N) is 4. The summed E-state index contributed by atoms with van der Waals surface area (Å²) >= 11 is 0. The van der Waals surface area contributed by atoms with Gasteiger partial charge in [-0.25, -0.2) is 4.68 Å². The first kappa shape index (κ1) is 51.2. The summed E-state index contributed by atoms with van der Waals surface area (Å²) in [5.74, 6) is -0.736. The SMILES string of the molecule is NC(=O)c1c(-c2ccc(Oc3ccccc3)cc2)nn2c1NCC[C@H]2C1CCN(C(=O)CCCNC(=O)COCCOCCOCCOCCNc2cccc3c2C(=O)N(C2CCC(=O)NC2=O)C3=O)CC1. The highest BCUT2D eigenvalue weighted by Gasteiger charge is 2.45. The van der Waals surface area contributed by atoms with Gasteiger partial charge in [-0.1, -0.05) is 24.3 Å². The van der Waals surface area contributed by atoms with Gasteiger partial charge in [-0.05, 0) is 86.6 Å². The third-order valence-corrected chi connectivity index (χ3v) is 13.0. The molecule has 4 aliphatic heterocycles. The minimum atomic E-state index is -1.03. The molecular formula is C51H61N9O12. The summed E-state index contributed by atoms with van der Waals surface area (Å²) < 4.78 is 30.0. The highest BCUT2D eigenvalue weighted by Crippen LogP contribution is 2.40. The monoisotopic (exact) mass is 991 g/mol. The number of hydrogen-bond acceptors (Lipinski definition) is 15. The van der Waals surface area contributed by atoms with Crippen LogP contribution in [0.2, 0.25) is 0 Å². The molecule has 21 heteroatoms. The van der Waals surface area contributed by atoms with Crippen molar-refractivity contribution in [1.29, 1.82) is 0 Å². The Labute approximate surface area is 416 Å². The Hall–Kier alpha value is -7.20. The zero-order valence-electron chi connectivity index (χ0n) is 40.1. The molecule has 4 aromatic rings. The van der Waals surface area contributed by atoms with Crippen molar-refractivity contribution in [1.82, 2.24) is 30.2 Å². The van der Waals surface area contributed by atoms with Gasteiger partial charge in [0.05, 0.1) is 63.4 Å². The third kappa shape index (κ3) is 12.6.